The number of hydrogen-bond acceptors (Lipinski definition) is 7. The van der Waals surface area contributed by atoms with Crippen LogP contribution in [-0.4, -0.2) is 34.0 Å². The number of rotatable bonds is 7. The number of hydrogen-bond donors (Lipinski definition) is 2. The van der Waals surface area contributed by atoms with Crippen molar-refractivity contribution in [1.82, 2.24) is 34.0 Å². The van der Waals surface area contributed by atoms with Gasteiger partial charge in [-0.15, -0.1) is 10.2 Å². The molecule has 4 aromatic rings. The van der Waals surface area contributed by atoms with Crippen LogP contribution in [0, 0.1) is 5.82 Å². The molecule has 12 heteroatoms. The summed E-state index contributed by atoms with van der Waals surface area (Å²) >= 11 is 1.24. The highest BCUT2D eigenvalue weighted by molar-refractivity contribution is 7.98. The molecule has 3 N–H and O–H groups in total. The minimum Gasteiger partial charge on any atom is -0.335 e. The molecule has 0 amide bonds. The quantitative estimate of drug-likeness (QED) is 0.327. The van der Waals surface area contributed by atoms with Crippen LogP contribution < -0.4 is 17.1 Å². The number of H-pyrrole nitrogens is 1. The van der Waals surface area contributed by atoms with E-state index in [0.717, 1.165) is 12.8 Å². The van der Waals surface area contributed by atoms with Crippen LogP contribution in [-0.2, 0) is 19.3 Å². The molecule has 0 aliphatic rings. The van der Waals surface area contributed by atoms with E-state index in [1.807, 2.05) is 6.92 Å². The number of aromatic nitrogens is 7. The minimum atomic E-state index is -0.483. The zero-order valence-corrected chi connectivity index (χ0v) is 17.8. The van der Waals surface area contributed by atoms with Gasteiger partial charge in [0.1, 0.15) is 11.6 Å². The lowest BCUT2D eigenvalue weighted by Crippen LogP contribution is -2.31. The molecule has 0 spiro atoms. The van der Waals surface area contributed by atoms with E-state index in [2.05, 4.69) is 20.2 Å². The maximum atomic E-state index is 14.1. The van der Waals surface area contributed by atoms with Gasteiger partial charge in [-0.2, -0.15) is 0 Å². The lowest BCUT2D eigenvalue weighted by molar-refractivity contribution is 0.613. The van der Waals surface area contributed by atoms with Crippen molar-refractivity contribution in [2.24, 2.45) is 7.05 Å². The Morgan fingerprint density at radius 3 is 2.74 bits per heavy atom. The largest absolute Gasteiger partial charge is 0.335 e. The van der Waals surface area contributed by atoms with Gasteiger partial charge in [0, 0.05) is 13.6 Å². The van der Waals surface area contributed by atoms with E-state index in [-0.39, 0.29) is 11.4 Å². The number of nitrogen functional groups attached to an aromatic ring is 1. The molecule has 10 nitrogen and oxygen atoms in total. The molecule has 0 aliphatic carbocycles. The van der Waals surface area contributed by atoms with Gasteiger partial charge in [-0.25, -0.2) is 18.8 Å². The zero-order chi connectivity index (χ0) is 22.1. The molecule has 31 heavy (non-hydrogen) atoms. The van der Waals surface area contributed by atoms with E-state index < -0.39 is 17.1 Å². The standard InChI is InChI=1S/C19H21FN8O2S/c1-3-4-9-27-16-14(17(29)23-18(27)30)26(2)13(22-16)10-31-19-25-24-15(28(19)21)11-7-5-6-8-12(11)20/h5-8H,3-4,9-10,21H2,1-2H3,(H,23,29,30). The first-order valence-electron chi connectivity index (χ1n) is 9.69. The Bertz CT molecular complexity index is 1370. The first-order chi connectivity index (χ1) is 14.9. The molecular formula is C19H21FN8O2S. The number of nitrogens with two attached hydrogens (primary N) is 1. The number of nitrogens with one attached hydrogen (secondary N) is 1. The van der Waals surface area contributed by atoms with Crippen LogP contribution in [0.1, 0.15) is 25.6 Å². The van der Waals surface area contributed by atoms with Crippen LogP contribution in [0.15, 0.2) is 39.0 Å². The number of benzene rings is 1. The monoisotopic (exact) mass is 444 g/mol. The summed E-state index contributed by atoms with van der Waals surface area (Å²) in [6.07, 6.45) is 1.69. The number of imidazole rings is 1. The van der Waals surface area contributed by atoms with Crippen LogP contribution in [0.5, 0.6) is 0 Å². The Kier molecular flexibility index (Phi) is 5.63. The summed E-state index contributed by atoms with van der Waals surface area (Å²) in [5.74, 6) is 6.72. The second-order valence-corrected chi connectivity index (χ2v) is 7.91. The van der Waals surface area contributed by atoms with Gasteiger partial charge >= 0.3 is 5.69 Å². The maximum Gasteiger partial charge on any atom is 0.330 e. The van der Waals surface area contributed by atoms with Crippen molar-refractivity contribution in [3.8, 4) is 11.4 Å². The molecule has 1 aromatic carbocycles. The highest BCUT2D eigenvalue weighted by Crippen LogP contribution is 2.26. The molecule has 4 rings (SSSR count). The van der Waals surface area contributed by atoms with Crippen molar-refractivity contribution in [2.45, 2.75) is 37.2 Å². The Labute approximate surface area is 179 Å². The third kappa shape index (κ3) is 3.74. The van der Waals surface area contributed by atoms with Crippen molar-refractivity contribution in [2.75, 3.05) is 5.84 Å². The molecule has 3 aromatic heterocycles. The molecular weight excluding hydrogens is 423 g/mol. The Hall–Kier alpha value is -3.41. The zero-order valence-electron chi connectivity index (χ0n) is 17.0. The molecule has 0 radical (unpaired) electrons. The molecule has 0 unspecified atom stereocenters. The number of fused-ring (bicyclic) bond motifs is 1. The maximum absolute atomic E-state index is 14.1. The molecule has 0 saturated carbocycles. The van der Waals surface area contributed by atoms with Gasteiger partial charge in [0.2, 0.25) is 5.16 Å². The summed E-state index contributed by atoms with van der Waals surface area (Å²) < 4.78 is 18.4. The van der Waals surface area contributed by atoms with E-state index in [0.29, 0.717) is 34.4 Å². The van der Waals surface area contributed by atoms with E-state index in [9.17, 15) is 14.0 Å². The molecule has 3 heterocycles. The van der Waals surface area contributed by atoms with Crippen molar-refractivity contribution >= 4 is 22.9 Å². The summed E-state index contributed by atoms with van der Waals surface area (Å²) in [6.45, 7) is 2.49. The van der Waals surface area contributed by atoms with Crippen molar-refractivity contribution in [3.63, 3.8) is 0 Å². The lowest BCUT2D eigenvalue weighted by Gasteiger charge is -2.05. The van der Waals surface area contributed by atoms with E-state index in [1.54, 1.807) is 29.8 Å². The van der Waals surface area contributed by atoms with Crippen molar-refractivity contribution in [3.05, 3.63) is 56.7 Å². The van der Waals surface area contributed by atoms with Crippen LogP contribution in [0.4, 0.5) is 4.39 Å². The SMILES string of the molecule is CCCCn1c(=O)[nH]c(=O)c2c1nc(CSc1nnc(-c3ccccc3F)n1N)n2C. The Morgan fingerprint density at radius 2 is 2.00 bits per heavy atom. The van der Waals surface area contributed by atoms with Crippen LogP contribution >= 0.6 is 11.8 Å². The van der Waals surface area contributed by atoms with Gasteiger partial charge in [-0.05, 0) is 18.6 Å². The minimum absolute atomic E-state index is 0.204. The van der Waals surface area contributed by atoms with E-state index >= 15 is 0 Å². The molecule has 0 atom stereocenters. The average molecular weight is 444 g/mol. The third-order valence-corrected chi connectivity index (χ3v) is 5.89. The first-order valence-corrected chi connectivity index (χ1v) is 10.7. The summed E-state index contributed by atoms with van der Waals surface area (Å²) in [5.41, 5.74) is -0.0324. The van der Waals surface area contributed by atoms with Gasteiger partial charge in [-0.1, -0.05) is 37.2 Å². The fraction of sp³-hybridized carbons (Fsp3) is 0.316. The number of unbranched alkanes of at least 4 members (excludes halogenated alkanes) is 1. The van der Waals surface area contributed by atoms with Crippen molar-refractivity contribution in [1.29, 1.82) is 0 Å². The van der Waals surface area contributed by atoms with Gasteiger partial charge in [0.15, 0.2) is 17.0 Å². The summed E-state index contributed by atoms with van der Waals surface area (Å²) in [5, 5.41) is 8.41. The van der Waals surface area contributed by atoms with Gasteiger partial charge in [0.05, 0.1) is 11.3 Å². The predicted octanol–water partition coefficient (Wildman–Crippen LogP) is 1.63. The second kappa shape index (κ2) is 8.38. The fourth-order valence-electron chi connectivity index (χ4n) is 3.27. The van der Waals surface area contributed by atoms with Crippen molar-refractivity contribution < 1.29 is 4.39 Å². The molecule has 162 valence electrons. The van der Waals surface area contributed by atoms with E-state index in [1.165, 1.54) is 27.1 Å². The van der Waals surface area contributed by atoms with Gasteiger partial charge in [-0.3, -0.25) is 14.3 Å². The number of halogens is 1. The Morgan fingerprint density at radius 1 is 1.23 bits per heavy atom. The smallest absolute Gasteiger partial charge is 0.330 e. The average Bonchev–Trinajstić information content (AvgIpc) is 3.26. The predicted molar refractivity (Wildman–Crippen MR) is 116 cm³/mol. The number of nitrogens with zero attached hydrogens (tertiary/aromatic N) is 6. The number of aromatic amines is 1. The number of thioether (sulfide) groups is 1. The molecule has 0 saturated heterocycles. The lowest BCUT2D eigenvalue weighted by atomic mass is 10.2. The molecule has 0 bridgehead atoms. The highest BCUT2D eigenvalue weighted by atomic mass is 32.2. The third-order valence-electron chi connectivity index (χ3n) is 4.95. The molecule has 0 aliphatic heterocycles. The fourth-order valence-corrected chi connectivity index (χ4v) is 4.12. The highest BCUT2D eigenvalue weighted by Gasteiger charge is 2.19. The molecule has 0 fully saturated rings. The summed E-state index contributed by atoms with van der Waals surface area (Å²) in [4.78, 5) is 31.5. The normalized spacial score (nSPS) is 11.5. The second-order valence-electron chi connectivity index (χ2n) is 6.97. The Balaban J connectivity index is 1.65. The van der Waals surface area contributed by atoms with Crippen LogP contribution in [0.3, 0.4) is 0 Å². The van der Waals surface area contributed by atoms with Crippen LogP contribution in [0.25, 0.3) is 22.6 Å². The number of aryl methyl sites for hydroxylation is 2. The first kappa shape index (κ1) is 20.8. The summed E-state index contributed by atoms with van der Waals surface area (Å²) in [6, 6.07) is 6.17. The van der Waals surface area contributed by atoms with Gasteiger partial charge < -0.3 is 10.4 Å². The van der Waals surface area contributed by atoms with Gasteiger partial charge in [0.25, 0.3) is 5.56 Å². The van der Waals surface area contributed by atoms with E-state index in [4.69, 9.17) is 5.84 Å². The topological polar surface area (TPSA) is 129 Å². The summed E-state index contributed by atoms with van der Waals surface area (Å²) in [7, 11) is 1.72. The van der Waals surface area contributed by atoms with Crippen LogP contribution in [0.2, 0.25) is 0 Å².